The summed E-state index contributed by atoms with van der Waals surface area (Å²) < 4.78 is 24.9. The Hall–Kier alpha value is -3.28. The highest BCUT2D eigenvalue weighted by Gasteiger charge is 2.34. The first-order valence-corrected chi connectivity index (χ1v) is 10.2. The predicted molar refractivity (Wildman–Crippen MR) is 120 cm³/mol. The molecule has 0 saturated carbocycles. The van der Waals surface area contributed by atoms with Gasteiger partial charge in [-0.25, -0.2) is 4.39 Å². The second-order valence-electron chi connectivity index (χ2n) is 8.63. The Bertz CT molecular complexity index is 1220. The van der Waals surface area contributed by atoms with Crippen LogP contribution < -0.4 is 9.47 Å². The number of aromatic amines is 1. The van der Waals surface area contributed by atoms with Crippen LogP contribution in [0.4, 0.5) is 4.39 Å². The number of hydrogen-bond acceptors (Lipinski definition) is 4. The van der Waals surface area contributed by atoms with E-state index in [1.54, 1.807) is 20.3 Å². The lowest BCUT2D eigenvalue weighted by Gasteiger charge is -2.37. The molecule has 0 aliphatic carbocycles. The summed E-state index contributed by atoms with van der Waals surface area (Å²) in [7, 11) is 5.13. The van der Waals surface area contributed by atoms with Gasteiger partial charge in [-0.15, -0.1) is 0 Å². The quantitative estimate of drug-likeness (QED) is 0.593. The van der Waals surface area contributed by atoms with Gasteiger partial charge in [0.15, 0.2) is 11.5 Å². The van der Waals surface area contributed by atoms with Gasteiger partial charge in [0.05, 0.1) is 25.5 Å². The molecule has 162 valence electrons. The van der Waals surface area contributed by atoms with E-state index in [0.717, 1.165) is 22.3 Å². The van der Waals surface area contributed by atoms with E-state index in [-0.39, 0.29) is 17.1 Å². The minimum Gasteiger partial charge on any atom is -0.493 e. The molecule has 0 radical (unpaired) electrons. The Morgan fingerprint density at radius 3 is 2.48 bits per heavy atom. The molecule has 1 aromatic heterocycles. The predicted octanol–water partition coefficient (Wildman–Crippen LogP) is 5.12. The number of methoxy groups -OCH3 is 2. The number of H-pyrrole nitrogens is 1. The van der Waals surface area contributed by atoms with E-state index < -0.39 is 0 Å². The standard InChI is InChI=1S/C25H27FN2O3/c1-14-23(18-12-17(26)7-8-19(18)27-14)24(29)20-9-15-10-21(30-5)22(31-6)11-16(15)13-25(2,3)28(20)4/h7-12,27H,13H2,1-6H3. The highest BCUT2D eigenvalue weighted by molar-refractivity contribution is 6.18. The molecule has 5 nitrogen and oxygen atoms in total. The largest absolute Gasteiger partial charge is 0.493 e. The zero-order chi connectivity index (χ0) is 22.5. The summed E-state index contributed by atoms with van der Waals surface area (Å²) in [5.74, 6) is 0.752. The number of aryl methyl sites for hydroxylation is 1. The van der Waals surface area contributed by atoms with E-state index in [0.29, 0.717) is 34.6 Å². The molecule has 2 heterocycles. The summed E-state index contributed by atoms with van der Waals surface area (Å²) in [6.45, 7) is 6.04. The van der Waals surface area contributed by atoms with Gasteiger partial charge >= 0.3 is 0 Å². The van der Waals surface area contributed by atoms with Crippen molar-refractivity contribution in [2.45, 2.75) is 32.7 Å². The maximum absolute atomic E-state index is 14.0. The molecule has 0 amide bonds. The van der Waals surface area contributed by atoms with Crippen molar-refractivity contribution in [2.24, 2.45) is 0 Å². The fraction of sp³-hybridized carbons (Fsp3) is 0.320. The lowest BCUT2D eigenvalue weighted by atomic mass is 9.92. The van der Waals surface area contributed by atoms with Gasteiger partial charge in [0.1, 0.15) is 5.82 Å². The number of carbonyl (C=O) groups excluding carboxylic acids is 1. The van der Waals surface area contributed by atoms with Gasteiger partial charge in [-0.3, -0.25) is 4.79 Å². The molecule has 0 fully saturated rings. The third kappa shape index (κ3) is 3.46. The number of nitrogens with one attached hydrogen (secondary N) is 1. The minimum absolute atomic E-state index is 0.146. The van der Waals surface area contributed by atoms with Gasteiger partial charge in [0, 0.05) is 29.2 Å². The summed E-state index contributed by atoms with van der Waals surface area (Å²) in [4.78, 5) is 19.1. The molecule has 1 N–H and O–H groups in total. The smallest absolute Gasteiger partial charge is 0.211 e. The molecule has 0 unspecified atom stereocenters. The van der Waals surface area contributed by atoms with Crippen LogP contribution in [0.5, 0.6) is 11.5 Å². The first-order chi connectivity index (χ1) is 14.7. The fourth-order valence-corrected chi connectivity index (χ4v) is 4.32. The summed E-state index contributed by atoms with van der Waals surface area (Å²) in [5, 5.41) is 0.589. The zero-order valence-corrected chi connectivity index (χ0v) is 18.7. The number of halogens is 1. The van der Waals surface area contributed by atoms with Crippen LogP contribution in [-0.4, -0.2) is 42.5 Å². The third-order valence-corrected chi connectivity index (χ3v) is 6.24. The van der Waals surface area contributed by atoms with Crippen LogP contribution in [-0.2, 0) is 6.42 Å². The molecule has 1 aliphatic heterocycles. The van der Waals surface area contributed by atoms with E-state index >= 15 is 0 Å². The molecule has 1 aliphatic rings. The van der Waals surface area contributed by atoms with Crippen molar-refractivity contribution >= 4 is 22.8 Å². The highest BCUT2D eigenvalue weighted by Crippen LogP contribution is 2.38. The van der Waals surface area contributed by atoms with Crippen LogP contribution in [0.1, 0.15) is 41.0 Å². The monoisotopic (exact) mass is 422 g/mol. The maximum atomic E-state index is 14.0. The van der Waals surface area contributed by atoms with Gasteiger partial charge in [-0.2, -0.15) is 0 Å². The topological polar surface area (TPSA) is 54.6 Å². The minimum atomic E-state index is -0.369. The average molecular weight is 423 g/mol. The zero-order valence-electron chi connectivity index (χ0n) is 18.7. The van der Waals surface area contributed by atoms with Gasteiger partial charge in [-0.1, -0.05) is 0 Å². The number of likely N-dealkylation sites (N-methyl/N-ethyl adjacent to an activating group) is 1. The number of ether oxygens (including phenoxy) is 2. The van der Waals surface area contributed by atoms with Crippen molar-refractivity contribution in [1.82, 2.24) is 9.88 Å². The van der Waals surface area contributed by atoms with Gasteiger partial charge < -0.3 is 19.4 Å². The Morgan fingerprint density at radius 2 is 1.81 bits per heavy atom. The van der Waals surface area contributed by atoms with Crippen molar-refractivity contribution in [3.05, 3.63) is 64.2 Å². The molecule has 0 bridgehead atoms. The molecule has 2 aromatic carbocycles. The van der Waals surface area contributed by atoms with Crippen molar-refractivity contribution in [1.29, 1.82) is 0 Å². The molecule has 3 aromatic rings. The number of aromatic nitrogens is 1. The number of hydrogen-bond donors (Lipinski definition) is 1. The lowest BCUT2D eigenvalue weighted by molar-refractivity contribution is 0.0959. The van der Waals surface area contributed by atoms with Gasteiger partial charge in [0.2, 0.25) is 5.78 Å². The van der Waals surface area contributed by atoms with Gasteiger partial charge in [-0.05, 0) is 74.7 Å². The SMILES string of the molecule is COc1cc2c(cc1OC)CC(C)(C)N(C)C(C(=O)c1c(C)[nH]c3ccc(F)cc13)=C2. The number of Topliss-reactive ketones (excluding diaryl/α,β-unsaturated/α-hetero) is 1. The first kappa shape index (κ1) is 21.0. The Morgan fingerprint density at radius 1 is 1.13 bits per heavy atom. The van der Waals surface area contributed by atoms with E-state index in [1.165, 1.54) is 12.1 Å². The van der Waals surface area contributed by atoms with Crippen molar-refractivity contribution in [3.8, 4) is 11.5 Å². The van der Waals surface area contributed by atoms with Crippen molar-refractivity contribution in [3.63, 3.8) is 0 Å². The Labute approximate surface area is 181 Å². The second kappa shape index (κ2) is 7.45. The number of ketones is 1. The average Bonchev–Trinajstić information content (AvgIpc) is 3.01. The molecule has 6 heteroatoms. The molecule has 4 rings (SSSR count). The number of fused-ring (bicyclic) bond motifs is 2. The molecule has 0 atom stereocenters. The number of carbonyl (C=O) groups is 1. The Balaban J connectivity index is 1.93. The fourth-order valence-electron chi connectivity index (χ4n) is 4.32. The van der Waals surface area contributed by atoms with Crippen LogP contribution in [0.25, 0.3) is 17.0 Å². The molecule has 31 heavy (non-hydrogen) atoms. The number of allylic oxidation sites excluding steroid dienone is 1. The number of nitrogens with zero attached hydrogens (tertiary/aromatic N) is 1. The van der Waals surface area contributed by atoms with E-state index in [9.17, 15) is 9.18 Å². The van der Waals surface area contributed by atoms with Crippen LogP contribution in [0.3, 0.4) is 0 Å². The number of benzene rings is 2. The third-order valence-electron chi connectivity index (χ3n) is 6.24. The maximum Gasteiger partial charge on any atom is 0.211 e. The Kier molecular flexibility index (Phi) is 5.04. The van der Waals surface area contributed by atoms with E-state index in [2.05, 4.69) is 18.8 Å². The van der Waals surface area contributed by atoms with E-state index in [1.807, 2.05) is 37.1 Å². The number of rotatable bonds is 4. The van der Waals surface area contributed by atoms with E-state index in [4.69, 9.17) is 9.47 Å². The summed E-state index contributed by atoms with van der Waals surface area (Å²) in [6.07, 6.45) is 2.61. The first-order valence-electron chi connectivity index (χ1n) is 10.2. The molecule has 0 spiro atoms. The molecular weight excluding hydrogens is 395 g/mol. The van der Waals surface area contributed by atoms with Crippen LogP contribution >= 0.6 is 0 Å². The van der Waals surface area contributed by atoms with Crippen molar-refractivity contribution in [2.75, 3.05) is 21.3 Å². The second-order valence-corrected chi connectivity index (χ2v) is 8.63. The van der Waals surface area contributed by atoms with Crippen LogP contribution in [0.2, 0.25) is 0 Å². The van der Waals surface area contributed by atoms with Crippen LogP contribution in [0, 0.1) is 12.7 Å². The van der Waals surface area contributed by atoms with Crippen molar-refractivity contribution < 1.29 is 18.7 Å². The van der Waals surface area contributed by atoms with Crippen LogP contribution in [0.15, 0.2) is 36.0 Å². The highest BCUT2D eigenvalue weighted by atomic mass is 19.1. The normalized spacial score (nSPS) is 15.3. The summed E-state index contributed by atoms with van der Waals surface area (Å²) in [6, 6.07) is 8.34. The molecular formula is C25H27FN2O3. The molecule has 0 saturated heterocycles. The van der Waals surface area contributed by atoms with Gasteiger partial charge in [0.25, 0.3) is 0 Å². The summed E-state index contributed by atoms with van der Waals surface area (Å²) >= 11 is 0. The lowest BCUT2D eigenvalue weighted by Crippen LogP contribution is -2.43. The summed E-state index contributed by atoms with van der Waals surface area (Å²) in [5.41, 5.74) is 4.13.